The minimum Gasteiger partial charge on any atom is -0.507 e. The first-order chi connectivity index (χ1) is 16.9. The fourth-order valence-electron chi connectivity index (χ4n) is 4.11. The molecule has 4 rings (SSSR count). The van der Waals surface area contributed by atoms with Gasteiger partial charge >= 0.3 is 0 Å². The van der Waals surface area contributed by atoms with Crippen LogP contribution in [0.2, 0.25) is 0 Å². The third-order valence-corrected chi connectivity index (χ3v) is 6.12. The van der Waals surface area contributed by atoms with Crippen LogP contribution >= 0.6 is 0 Å². The van der Waals surface area contributed by atoms with Gasteiger partial charge in [-0.05, 0) is 37.1 Å². The number of rotatable bonds is 8. The number of Topliss-reactive ketones (excluding diaryl/α,β-unsaturated/α-hetero) is 1. The monoisotopic (exact) mass is 471 g/mol. The summed E-state index contributed by atoms with van der Waals surface area (Å²) in [5, 5.41) is 11.1. The lowest BCUT2D eigenvalue weighted by Gasteiger charge is -2.25. The lowest BCUT2D eigenvalue weighted by Crippen LogP contribution is -2.32. The number of likely N-dealkylation sites (tertiary alicyclic amines) is 1. The molecule has 0 spiro atoms. The molecule has 6 heteroatoms. The van der Waals surface area contributed by atoms with E-state index in [1.807, 2.05) is 74.5 Å². The van der Waals surface area contributed by atoms with Gasteiger partial charge in [-0.3, -0.25) is 9.59 Å². The second-order valence-corrected chi connectivity index (χ2v) is 8.69. The van der Waals surface area contributed by atoms with Crippen LogP contribution in [-0.4, -0.2) is 42.0 Å². The van der Waals surface area contributed by atoms with E-state index in [-0.39, 0.29) is 24.5 Å². The van der Waals surface area contributed by atoms with Crippen LogP contribution in [0.5, 0.6) is 5.75 Å². The minimum atomic E-state index is -0.724. The summed E-state index contributed by atoms with van der Waals surface area (Å²) >= 11 is 0. The van der Waals surface area contributed by atoms with Crippen LogP contribution in [0.3, 0.4) is 0 Å². The zero-order valence-electron chi connectivity index (χ0n) is 20.2. The van der Waals surface area contributed by atoms with E-state index >= 15 is 0 Å². The van der Waals surface area contributed by atoms with Gasteiger partial charge in [0.1, 0.15) is 18.1 Å². The van der Waals surface area contributed by atoms with Gasteiger partial charge in [-0.25, -0.2) is 0 Å². The largest absolute Gasteiger partial charge is 0.507 e. The van der Waals surface area contributed by atoms with Crippen LogP contribution in [0, 0.1) is 13.8 Å². The summed E-state index contributed by atoms with van der Waals surface area (Å²) in [5.74, 6) is -0.876. The molecule has 0 bridgehead atoms. The molecule has 3 aromatic carbocycles. The molecule has 0 saturated carbocycles. The molecule has 180 valence electrons. The van der Waals surface area contributed by atoms with Crippen molar-refractivity contribution in [3.8, 4) is 5.75 Å². The van der Waals surface area contributed by atoms with Crippen LogP contribution in [0.25, 0.3) is 5.76 Å². The minimum absolute atomic E-state index is 0.0725. The van der Waals surface area contributed by atoms with E-state index in [1.54, 1.807) is 12.1 Å². The maximum absolute atomic E-state index is 13.0. The average Bonchev–Trinajstić information content (AvgIpc) is 3.12. The van der Waals surface area contributed by atoms with Crippen molar-refractivity contribution < 1.29 is 24.2 Å². The first-order valence-electron chi connectivity index (χ1n) is 11.5. The number of benzene rings is 3. The fraction of sp³-hybridized carbons (Fsp3) is 0.241. The molecule has 6 nitrogen and oxygen atoms in total. The summed E-state index contributed by atoms with van der Waals surface area (Å²) in [5.41, 5.74) is 4.54. The fourth-order valence-corrected chi connectivity index (χ4v) is 4.11. The maximum Gasteiger partial charge on any atom is 0.295 e. The molecular formula is C29H29NO5. The summed E-state index contributed by atoms with van der Waals surface area (Å²) in [4.78, 5) is 27.4. The molecule has 0 aliphatic carbocycles. The maximum atomic E-state index is 13.0. The van der Waals surface area contributed by atoms with Gasteiger partial charge in [0, 0.05) is 19.2 Å². The summed E-state index contributed by atoms with van der Waals surface area (Å²) < 4.78 is 11.1. The van der Waals surface area contributed by atoms with Gasteiger partial charge in [0.05, 0.1) is 18.2 Å². The smallest absolute Gasteiger partial charge is 0.295 e. The molecular weight excluding hydrogens is 442 g/mol. The van der Waals surface area contributed by atoms with E-state index in [4.69, 9.17) is 9.47 Å². The second kappa shape index (κ2) is 10.6. The van der Waals surface area contributed by atoms with Crippen molar-refractivity contribution in [3.63, 3.8) is 0 Å². The van der Waals surface area contributed by atoms with Gasteiger partial charge in [-0.15, -0.1) is 0 Å². The number of aliphatic hydroxyl groups excluding tert-OH is 1. The number of amides is 1. The molecule has 1 atom stereocenters. The molecule has 3 aromatic rings. The molecule has 1 unspecified atom stereocenters. The first kappa shape index (κ1) is 24.2. The van der Waals surface area contributed by atoms with Crippen LogP contribution in [0.1, 0.15) is 33.9 Å². The zero-order valence-corrected chi connectivity index (χ0v) is 20.2. The first-order valence-corrected chi connectivity index (χ1v) is 11.5. The normalized spacial score (nSPS) is 17.1. The highest BCUT2D eigenvalue weighted by molar-refractivity contribution is 6.46. The van der Waals surface area contributed by atoms with Crippen LogP contribution in [-0.2, 0) is 20.9 Å². The predicted molar refractivity (Wildman–Crippen MR) is 134 cm³/mol. The molecule has 0 radical (unpaired) electrons. The van der Waals surface area contributed by atoms with Gasteiger partial charge in [0.2, 0.25) is 0 Å². The Kier molecular flexibility index (Phi) is 7.32. The van der Waals surface area contributed by atoms with E-state index in [1.165, 1.54) is 17.6 Å². The Morgan fingerprint density at radius 3 is 2.09 bits per heavy atom. The van der Waals surface area contributed by atoms with Gasteiger partial charge < -0.3 is 19.5 Å². The van der Waals surface area contributed by atoms with Gasteiger partial charge in [-0.1, -0.05) is 71.8 Å². The predicted octanol–water partition coefficient (Wildman–Crippen LogP) is 4.95. The summed E-state index contributed by atoms with van der Waals surface area (Å²) in [7, 11) is 1.54. The average molecular weight is 472 g/mol. The number of hydrogen-bond donors (Lipinski definition) is 1. The topological polar surface area (TPSA) is 76.1 Å². The van der Waals surface area contributed by atoms with E-state index in [0.29, 0.717) is 23.5 Å². The lowest BCUT2D eigenvalue weighted by atomic mass is 9.95. The van der Waals surface area contributed by atoms with Crippen molar-refractivity contribution in [2.75, 3.05) is 20.3 Å². The van der Waals surface area contributed by atoms with Gasteiger partial charge in [-0.2, -0.15) is 0 Å². The Balaban J connectivity index is 1.65. The third-order valence-electron chi connectivity index (χ3n) is 6.12. The standard InChI is InChI=1S/C29H29NO5/c1-19-4-8-21(9-5-19)18-35-24-14-12-22(13-15-24)26-25(27(31)23-10-6-20(2)7-11-23)28(32)29(33)30(26)16-17-34-3/h4-15,26,31H,16-18H2,1-3H3/b27-25-. The van der Waals surface area contributed by atoms with Crippen molar-refractivity contribution in [1.82, 2.24) is 4.90 Å². The highest BCUT2D eigenvalue weighted by Gasteiger charge is 2.45. The Bertz CT molecular complexity index is 1230. The molecule has 1 N–H and O–H groups in total. The number of aryl methyl sites for hydroxylation is 2. The molecule has 35 heavy (non-hydrogen) atoms. The third kappa shape index (κ3) is 5.28. The number of carbonyl (C=O) groups excluding carboxylic acids is 2. The van der Waals surface area contributed by atoms with Crippen molar-refractivity contribution in [2.45, 2.75) is 26.5 Å². The lowest BCUT2D eigenvalue weighted by molar-refractivity contribution is -0.140. The highest BCUT2D eigenvalue weighted by Crippen LogP contribution is 2.39. The number of carbonyl (C=O) groups is 2. The Morgan fingerprint density at radius 1 is 0.886 bits per heavy atom. The Morgan fingerprint density at radius 2 is 1.49 bits per heavy atom. The van der Waals surface area contributed by atoms with E-state index < -0.39 is 17.7 Å². The number of ether oxygens (including phenoxy) is 2. The number of nitrogens with zero attached hydrogens (tertiary/aromatic N) is 1. The molecule has 0 aromatic heterocycles. The van der Waals surface area contributed by atoms with Crippen molar-refractivity contribution in [2.24, 2.45) is 0 Å². The SMILES string of the molecule is COCCN1C(=O)C(=O)/C(=C(\O)c2ccc(C)cc2)C1c1ccc(OCc2ccc(C)cc2)cc1. The Hall–Kier alpha value is -3.90. The summed E-state index contributed by atoms with van der Waals surface area (Å²) in [6.07, 6.45) is 0. The number of methoxy groups -OCH3 is 1. The van der Waals surface area contributed by atoms with E-state index in [9.17, 15) is 14.7 Å². The summed E-state index contributed by atoms with van der Waals surface area (Å²) in [6.45, 7) is 4.90. The molecule has 1 amide bonds. The van der Waals surface area contributed by atoms with Crippen LogP contribution in [0.4, 0.5) is 0 Å². The highest BCUT2D eigenvalue weighted by atomic mass is 16.5. The van der Waals surface area contributed by atoms with Crippen molar-refractivity contribution in [1.29, 1.82) is 0 Å². The molecule has 1 saturated heterocycles. The van der Waals surface area contributed by atoms with Gasteiger partial charge in [0.25, 0.3) is 11.7 Å². The summed E-state index contributed by atoms with van der Waals surface area (Å²) in [6, 6.07) is 21.9. The zero-order chi connectivity index (χ0) is 24.9. The number of ketones is 1. The van der Waals surface area contributed by atoms with Crippen LogP contribution in [0.15, 0.2) is 78.4 Å². The van der Waals surface area contributed by atoms with E-state index in [0.717, 1.165) is 11.1 Å². The molecule has 1 heterocycles. The van der Waals surface area contributed by atoms with Crippen molar-refractivity contribution >= 4 is 17.4 Å². The van der Waals surface area contributed by atoms with Crippen molar-refractivity contribution in [3.05, 3.63) is 106 Å². The second-order valence-electron chi connectivity index (χ2n) is 8.69. The Labute approximate surface area is 205 Å². The van der Waals surface area contributed by atoms with E-state index in [2.05, 4.69) is 0 Å². The number of hydrogen-bond acceptors (Lipinski definition) is 5. The molecule has 1 aliphatic rings. The van der Waals surface area contributed by atoms with Gasteiger partial charge in [0.15, 0.2) is 0 Å². The number of aliphatic hydroxyl groups is 1. The van der Waals surface area contributed by atoms with Crippen LogP contribution < -0.4 is 4.74 Å². The molecule has 1 fully saturated rings. The quantitative estimate of drug-likeness (QED) is 0.286. The molecule has 1 aliphatic heterocycles.